The van der Waals surface area contributed by atoms with Crippen LogP contribution in [0, 0.1) is 12.8 Å². The monoisotopic (exact) mass is 398 g/mol. The van der Waals surface area contributed by atoms with Gasteiger partial charge in [0, 0.05) is 31.3 Å². The fourth-order valence-corrected chi connectivity index (χ4v) is 4.11. The Kier molecular flexibility index (Phi) is 6.72. The van der Waals surface area contributed by atoms with Crippen LogP contribution in [0.1, 0.15) is 72.7 Å². The number of pyridine rings is 1. The van der Waals surface area contributed by atoms with Crippen molar-refractivity contribution in [2.75, 3.05) is 13.1 Å². The molecule has 0 aromatic carbocycles. The molecule has 29 heavy (non-hydrogen) atoms. The lowest BCUT2D eigenvalue weighted by Gasteiger charge is -2.32. The number of aryl methyl sites for hydroxylation is 1. The molecule has 3 heterocycles. The third kappa shape index (κ3) is 5.05. The largest absolute Gasteiger partial charge is 0.427 e. The van der Waals surface area contributed by atoms with Gasteiger partial charge in [0.2, 0.25) is 5.56 Å². The fraction of sp³-hybridized carbons (Fsp3) is 0.522. The quantitative estimate of drug-likeness (QED) is 0.805. The van der Waals surface area contributed by atoms with E-state index >= 15 is 0 Å². The van der Waals surface area contributed by atoms with Crippen molar-refractivity contribution in [3.05, 3.63) is 67.6 Å². The van der Waals surface area contributed by atoms with Gasteiger partial charge in [-0.3, -0.25) is 9.59 Å². The predicted molar refractivity (Wildman–Crippen MR) is 112 cm³/mol. The van der Waals surface area contributed by atoms with E-state index in [2.05, 4.69) is 11.9 Å². The van der Waals surface area contributed by atoms with E-state index in [0.29, 0.717) is 30.3 Å². The lowest BCUT2D eigenvalue weighted by Crippen LogP contribution is -2.41. The van der Waals surface area contributed by atoms with Crippen molar-refractivity contribution in [3.8, 4) is 0 Å². The number of aromatic amines is 1. The first-order chi connectivity index (χ1) is 13.9. The summed E-state index contributed by atoms with van der Waals surface area (Å²) < 4.78 is 5.49. The summed E-state index contributed by atoms with van der Waals surface area (Å²) in [6.07, 6.45) is 6.35. The number of hydrogen-bond donors (Lipinski definition) is 1. The number of rotatable bonds is 6. The molecule has 2 aromatic heterocycles. The maximum atomic E-state index is 13.0. The Morgan fingerprint density at radius 2 is 2.00 bits per heavy atom. The highest BCUT2D eigenvalue weighted by molar-refractivity contribution is 5.95. The molecule has 1 amide bonds. The summed E-state index contributed by atoms with van der Waals surface area (Å²) in [7, 11) is 0. The fourth-order valence-electron chi connectivity index (χ4n) is 4.11. The number of piperidine rings is 1. The molecule has 3 rings (SSSR count). The number of hydrogen-bond acceptors (Lipinski definition) is 4. The van der Waals surface area contributed by atoms with Crippen molar-refractivity contribution in [3.63, 3.8) is 0 Å². The van der Waals surface area contributed by atoms with Crippen LogP contribution in [0.5, 0.6) is 0 Å². The van der Waals surface area contributed by atoms with E-state index in [9.17, 15) is 14.4 Å². The van der Waals surface area contributed by atoms with Crippen LogP contribution in [0.3, 0.4) is 0 Å². The van der Waals surface area contributed by atoms with Crippen LogP contribution in [0.2, 0.25) is 0 Å². The molecule has 0 aliphatic carbocycles. The second kappa shape index (κ2) is 9.25. The Morgan fingerprint density at radius 1 is 1.28 bits per heavy atom. The van der Waals surface area contributed by atoms with Gasteiger partial charge in [-0.15, -0.1) is 0 Å². The van der Waals surface area contributed by atoms with Crippen LogP contribution < -0.4 is 11.2 Å². The molecule has 156 valence electrons. The average Bonchev–Trinajstić information content (AvgIpc) is 2.70. The topological polar surface area (TPSA) is 83.4 Å². The summed E-state index contributed by atoms with van der Waals surface area (Å²) in [4.78, 5) is 41.2. The maximum Gasteiger partial charge on any atom is 0.349 e. The predicted octanol–water partition coefficient (Wildman–Crippen LogP) is 3.64. The van der Waals surface area contributed by atoms with Crippen molar-refractivity contribution in [1.29, 1.82) is 0 Å². The minimum atomic E-state index is -0.525. The molecule has 1 aliphatic rings. The molecular formula is C23H30N2O4. The zero-order chi connectivity index (χ0) is 21.0. The molecule has 1 saturated heterocycles. The van der Waals surface area contributed by atoms with Crippen LogP contribution >= 0.6 is 0 Å². The molecule has 2 aromatic rings. The smallest absolute Gasteiger partial charge is 0.349 e. The van der Waals surface area contributed by atoms with Crippen LogP contribution in [-0.4, -0.2) is 28.9 Å². The summed E-state index contributed by atoms with van der Waals surface area (Å²) in [5, 5.41) is 0. The van der Waals surface area contributed by atoms with Gasteiger partial charge in [0.1, 0.15) is 11.3 Å². The highest BCUT2D eigenvalue weighted by atomic mass is 16.4. The molecule has 1 N–H and O–H groups in total. The minimum absolute atomic E-state index is 0.0986. The van der Waals surface area contributed by atoms with Crippen molar-refractivity contribution in [2.24, 2.45) is 5.92 Å². The summed E-state index contributed by atoms with van der Waals surface area (Å²) in [6.45, 7) is 7.20. The summed E-state index contributed by atoms with van der Waals surface area (Å²) in [5.74, 6) is 1.05. The van der Waals surface area contributed by atoms with Crippen LogP contribution in [0.25, 0.3) is 0 Å². The van der Waals surface area contributed by atoms with E-state index < -0.39 is 5.63 Å². The average molecular weight is 399 g/mol. The number of amides is 1. The highest BCUT2D eigenvalue weighted by Crippen LogP contribution is 2.24. The van der Waals surface area contributed by atoms with Gasteiger partial charge in [-0.2, -0.15) is 0 Å². The molecule has 1 atom stereocenters. The van der Waals surface area contributed by atoms with Crippen LogP contribution in [-0.2, 0) is 6.42 Å². The van der Waals surface area contributed by atoms with Crippen molar-refractivity contribution in [1.82, 2.24) is 9.88 Å². The van der Waals surface area contributed by atoms with Gasteiger partial charge in [0.05, 0.1) is 0 Å². The van der Waals surface area contributed by atoms with Gasteiger partial charge in [-0.25, -0.2) is 4.79 Å². The first-order valence-corrected chi connectivity index (χ1v) is 10.5. The van der Waals surface area contributed by atoms with E-state index in [1.807, 2.05) is 26.0 Å². The third-order valence-electron chi connectivity index (χ3n) is 5.86. The zero-order valence-electron chi connectivity index (χ0n) is 17.5. The normalized spacial score (nSPS) is 16.0. The lowest BCUT2D eigenvalue weighted by atomic mass is 9.90. The first kappa shape index (κ1) is 21.1. The zero-order valence-corrected chi connectivity index (χ0v) is 17.5. The molecule has 0 saturated carbocycles. The molecule has 1 fully saturated rings. The molecule has 1 aliphatic heterocycles. The number of nitrogens with zero attached hydrogens (tertiary/aromatic N) is 1. The second-order valence-corrected chi connectivity index (χ2v) is 8.18. The SMILES string of the molecule is CCCC(C)c1cc(C)c(C(=O)N2CCC(Cc3ccc(=O)[nH]c3)CC2)c(=O)o1. The van der Waals surface area contributed by atoms with E-state index in [1.54, 1.807) is 17.2 Å². The van der Waals surface area contributed by atoms with Crippen LogP contribution in [0.15, 0.2) is 38.4 Å². The maximum absolute atomic E-state index is 13.0. The van der Waals surface area contributed by atoms with Gasteiger partial charge in [0.15, 0.2) is 0 Å². The highest BCUT2D eigenvalue weighted by Gasteiger charge is 2.27. The van der Waals surface area contributed by atoms with Crippen molar-refractivity contribution >= 4 is 5.91 Å². The van der Waals surface area contributed by atoms with Crippen LogP contribution in [0.4, 0.5) is 0 Å². The van der Waals surface area contributed by atoms with Crippen molar-refractivity contribution < 1.29 is 9.21 Å². The molecule has 0 bridgehead atoms. The number of aromatic nitrogens is 1. The van der Waals surface area contributed by atoms with E-state index in [4.69, 9.17) is 4.42 Å². The standard InChI is InChI=1S/C23H30N2O4/c1-4-5-15(2)19-12-16(3)21(23(28)29-19)22(27)25-10-8-17(9-11-25)13-18-6-7-20(26)24-14-18/h6-7,12,14-15,17H,4-5,8-11,13H2,1-3H3,(H,24,26). The number of carbonyl (C=O) groups excluding carboxylic acids is 1. The number of H-pyrrole nitrogens is 1. The third-order valence-corrected chi connectivity index (χ3v) is 5.86. The van der Waals surface area contributed by atoms with Crippen molar-refractivity contribution in [2.45, 2.75) is 58.8 Å². The Labute approximate surface area is 170 Å². The second-order valence-electron chi connectivity index (χ2n) is 8.18. The Hall–Kier alpha value is -2.63. The summed E-state index contributed by atoms with van der Waals surface area (Å²) >= 11 is 0. The Balaban J connectivity index is 1.65. The molecule has 6 nitrogen and oxygen atoms in total. The minimum Gasteiger partial charge on any atom is -0.427 e. The molecule has 1 unspecified atom stereocenters. The lowest BCUT2D eigenvalue weighted by molar-refractivity contribution is 0.0684. The number of likely N-dealkylation sites (tertiary alicyclic amines) is 1. The van der Waals surface area contributed by atoms with Gasteiger partial charge >= 0.3 is 5.63 Å². The molecule has 0 radical (unpaired) electrons. The van der Waals surface area contributed by atoms with Gasteiger partial charge in [-0.1, -0.05) is 26.3 Å². The first-order valence-electron chi connectivity index (χ1n) is 10.5. The van der Waals surface area contributed by atoms with Gasteiger partial charge in [-0.05, 0) is 55.7 Å². The molecule has 0 spiro atoms. The Morgan fingerprint density at radius 3 is 2.59 bits per heavy atom. The Bertz CT molecular complexity index is 947. The van der Waals surface area contributed by atoms with E-state index in [1.165, 1.54) is 0 Å². The number of carbonyl (C=O) groups is 1. The summed E-state index contributed by atoms with van der Waals surface area (Å²) in [5.41, 5.74) is 1.33. The van der Waals surface area contributed by atoms with Gasteiger partial charge < -0.3 is 14.3 Å². The number of nitrogens with one attached hydrogen (secondary N) is 1. The van der Waals surface area contributed by atoms with E-state index in [0.717, 1.165) is 37.7 Å². The molecular weight excluding hydrogens is 368 g/mol. The van der Waals surface area contributed by atoms with E-state index in [-0.39, 0.29) is 22.9 Å². The van der Waals surface area contributed by atoms with Gasteiger partial charge in [0.25, 0.3) is 5.91 Å². The molecule has 6 heteroatoms. The summed E-state index contributed by atoms with van der Waals surface area (Å²) in [6, 6.07) is 5.24.